The van der Waals surface area contributed by atoms with Crippen molar-refractivity contribution < 1.29 is 9.47 Å². The molecule has 1 aliphatic heterocycles. The van der Waals surface area contributed by atoms with Gasteiger partial charge in [-0.25, -0.2) is 0 Å². The van der Waals surface area contributed by atoms with Gasteiger partial charge >= 0.3 is 0 Å². The highest BCUT2D eigenvalue weighted by molar-refractivity contribution is 5.37. The van der Waals surface area contributed by atoms with Crippen molar-refractivity contribution in [2.24, 2.45) is 0 Å². The van der Waals surface area contributed by atoms with Crippen molar-refractivity contribution in [3.8, 4) is 5.75 Å². The zero-order chi connectivity index (χ0) is 15.1. The van der Waals surface area contributed by atoms with Gasteiger partial charge in [-0.15, -0.1) is 0 Å². The lowest BCUT2D eigenvalue weighted by Crippen LogP contribution is -2.36. The van der Waals surface area contributed by atoms with Gasteiger partial charge in [0.2, 0.25) is 0 Å². The van der Waals surface area contributed by atoms with Crippen LogP contribution < -0.4 is 4.74 Å². The van der Waals surface area contributed by atoms with Crippen molar-refractivity contribution in [3.05, 3.63) is 29.3 Å². The van der Waals surface area contributed by atoms with E-state index in [1.807, 2.05) is 0 Å². The summed E-state index contributed by atoms with van der Waals surface area (Å²) in [5, 5.41) is 0. The molecule has 1 saturated heterocycles. The van der Waals surface area contributed by atoms with Gasteiger partial charge in [-0.3, -0.25) is 4.90 Å². The fourth-order valence-corrected chi connectivity index (χ4v) is 2.81. The number of hydrogen-bond acceptors (Lipinski definition) is 4. The van der Waals surface area contributed by atoms with Crippen LogP contribution >= 0.6 is 0 Å². The lowest BCUT2D eigenvalue weighted by Gasteiger charge is -2.26. The van der Waals surface area contributed by atoms with Crippen LogP contribution in [0.1, 0.15) is 17.5 Å². The van der Waals surface area contributed by atoms with Crippen LogP contribution in [0.5, 0.6) is 5.75 Å². The highest BCUT2D eigenvalue weighted by atomic mass is 16.5. The van der Waals surface area contributed by atoms with Crippen LogP contribution in [0.2, 0.25) is 0 Å². The van der Waals surface area contributed by atoms with Gasteiger partial charge in [-0.05, 0) is 50.7 Å². The molecule has 0 amide bonds. The summed E-state index contributed by atoms with van der Waals surface area (Å²) in [4.78, 5) is 4.68. The Kier molecular flexibility index (Phi) is 6.49. The largest absolute Gasteiger partial charge is 0.496 e. The summed E-state index contributed by atoms with van der Waals surface area (Å²) < 4.78 is 10.9. The Balaban J connectivity index is 1.90. The third-order valence-corrected chi connectivity index (χ3v) is 3.87. The summed E-state index contributed by atoms with van der Waals surface area (Å²) in [5.41, 5.74) is 2.67. The standard InChI is InChI=1S/C17H28N2O2/c1-18(2)14-15-6-7-17(20-3)16(13-15)5-4-8-19-9-11-21-12-10-19/h6-7,13H,4-5,8-12,14H2,1-3H3. The second-order valence-electron chi connectivity index (χ2n) is 5.94. The van der Waals surface area contributed by atoms with E-state index in [9.17, 15) is 0 Å². The van der Waals surface area contributed by atoms with Crippen LogP contribution in [0.25, 0.3) is 0 Å². The maximum atomic E-state index is 5.50. The van der Waals surface area contributed by atoms with Crippen molar-refractivity contribution >= 4 is 0 Å². The molecular weight excluding hydrogens is 264 g/mol. The molecular formula is C17H28N2O2. The molecule has 21 heavy (non-hydrogen) atoms. The Bertz CT molecular complexity index is 429. The molecule has 0 atom stereocenters. The molecule has 4 heteroatoms. The van der Waals surface area contributed by atoms with Gasteiger partial charge in [0.1, 0.15) is 5.75 Å². The molecule has 1 heterocycles. The van der Waals surface area contributed by atoms with E-state index < -0.39 is 0 Å². The first-order valence-corrected chi connectivity index (χ1v) is 7.79. The van der Waals surface area contributed by atoms with Crippen LogP contribution in [-0.4, -0.2) is 63.9 Å². The second kappa shape index (κ2) is 8.37. The van der Waals surface area contributed by atoms with Gasteiger partial charge in [0.05, 0.1) is 20.3 Å². The maximum absolute atomic E-state index is 5.50. The molecule has 1 aromatic carbocycles. The van der Waals surface area contributed by atoms with Crippen LogP contribution in [0.3, 0.4) is 0 Å². The zero-order valence-electron chi connectivity index (χ0n) is 13.6. The Hall–Kier alpha value is -1.10. The molecule has 0 N–H and O–H groups in total. The summed E-state index contributed by atoms with van der Waals surface area (Å²) in [6.07, 6.45) is 2.24. The van der Waals surface area contributed by atoms with E-state index >= 15 is 0 Å². The molecule has 0 aromatic heterocycles. The number of methoxy groups -OCH3 is 1. The zero-order valence-corrected chi connectivity index (χ0v) is 13.6. The Morgan fingerprint density at radius 2 is 2.00 bits per heavy atom. The monoisotopic (exact) mass is 292 g/mol. The van der Waals surface area contributed by atoms with Crippen LogP contribution in [0.4, 0.5) is 0 Å². The van der Waals surface area contributed by atoms with E-state index in [-0.39, 0.29) is 0 Å². The minimum absolute atomic E-state index is 0.877. The predicted molar refractivity (Wildman–Crippen MR) is 86.0 cm³/mol. The highest BCUT2D eigenvalue weighted by Gasteiger charge is 2.11. The molecule has 1 fully saturated rings. The van der Waals surface area contributed by atoms with Gasteiger partial charge < -0.3 is 14.4 Å². The number of aryl methyl sites for hydroxylation is 1. The lowest BCUT2D eigenvalue weighted by molar-refractivity contribution is 0.0374. The Morgan fingerprint density at radius 1 is 1.24 bits per heavy atom. The van der Waals surface area contributed by atoms with E-state index in [1.165, 1.54) is 17.5 Å². The molecule has 0 radical (unpaired) electrons. The number of benzene rings is 1. The minimum Gasteiger partial charge on any atom is -0.496 e. The number of rotatable bonds is 7. The fourth-order valence-electron chi connectivity index (χ4n) is 2.81. The van der Waals surface area contributed by atoms with Crippen LogP contribution in [0, 0.1) is 0 Å². The first-order valence-electron chi connectivity index (χ1n) is 7.79. The second-order valence-corrected chi connectivity index (χ2v) is 5.94. The van der Waals surface area contributed by atoms with Gasteiger partial charge in [-0.2, -0.15) is 0 Å². The lowest BCUT2D eigenvalue weighted by atomic mass is 10.0. The van der Waals surface area contributed by atoms with Crippen molar-refractivity contribution in [1.29, 1.82) is 0 Å². The average molecular weight is 292 g/mol. The molecule has 1 aliphatic rings. The summed E-state index contributed by atoms with van der Waals surface area (Å²) in [6, 6.07) is 6.55. The van der Waals surface area contributed by atoms with Crippen LogP contribution in [0.15, 0.2) is 18.2 Å². The van der Waals surface area contributed by atoms with Gasteiger partial charge in [0.15, 0.2) is 0 Å². The third kappa shape index (κ3) is 5.30. The molecule has 118 valence electrons. The Morgan fingerprint density at radius 3 is 2.67 bits per heavy atom. The van der Waals surface area contributed by atoms with Crippen molar-refractivity contribution in [3.63, 3.8) is 0 Å². The van der Waals surface area contributed by atoms with E-state index in [4.69, 9.17) is 9.47 Å². The van der Waals surface area contributed by atoms with Gasteiger partial charge in [0.25, 0.3) is 0 Å². The first-order chi connectivity index (χ1) is 10.2. The molecule has 0 spiro atoms. The molecule has 4 nitrogen and oxygen atoms in total. The first kappa shape index (κ1) is 16.3. The Labute approximate surface area is 128 Å². The van der Waals surface area contributed by atoms with E-state index in [0.29, 0.717) is 0 Å². The van der Waals surface area contributed by atoms with E-state index in [0.717, 1.165) is 51.6 Å². The summed E-state index contributed by atoms with van der Waals surface area (Å²) in [5.74, 6) is 1.01. The molecule has 2 rings (SSSR count). The van der Waals surface area contributed by atoms with Crippen LogP contribution in [-0.2, 0) is 17.7 Å². The van der Waals surface area contributed by atoms with Crippen molar-refractivity contribution in [2.75, 3.05) is 54.1 Å². The average Bonchev–Trinajstić information content (AvgIpc) is 2.48. The minimum atomic E-state index is 0.877. The number of hydrogen-bond donors (Lipinski definition) is 0. The highest BCUT2D eigenvalue weighted by Crippen LogP contribution is 2.22. The number of ether oxygens (including phenoxy) is 2. The topological polar surface area (TPSA) is 24.9 Å². The molecule has 0 aliphatic carbocycles. The normalized spacial score (nSPS) is 16.4. The molecule has 0 unspecified atom stereocenters. The molecule has 0 bridgehead atoms. The quantitative estimate of drug-likeness (QED) is 0.767. The smallest absolute Gasteiger partial charge is 0.122 e. The SMILES string of the molecule is COc1ccc(CN(C)C)cc1CCCN1CCOCC1. The van der Waals surface area contributed by atoms with Crippen molar-refractivity contribution in [2.45, 2.75) is 19.4 Å². The van der Waals surface area contributed by atoms with E-state index in [1.54, 1.807) is 7.11 Å². The number of nitrogens with zero attached hydrogens (tertiary/aromatic N) is 2. The number of morpholine rings is 1. The summed E-state index contributed by atoms with van der Waals surface area (Å²) >= 11 is 0. The van der Waals surface area contributed by atoms with Gasteiger partial charge in [0, 0.05) is 19.6 Å². The fraction of sp³-hybridized carbons (Fsp3) is 0.647. The van der Waals surface area contributed by atoms with Crippen molar-refractivity contribution in [1.82, 2.24) is 9.80 Å². The molecule has 0 saturated carbocycles. The maximum Gasteiger partial charge on any atom is 0.122 e. The summed E-state index contributed by atoms with van der Waals surface area (Å²) in [6.45, 7) is 6.00. The van der Waals surface area contributed by atoms with E-state index in [2.05, 4.69) is 42.1 Å². The summed E-state index contributed by atoms with van der Waals surface area (Å²) in [7, 11) is 5.96. The predicted octanol–water partition coefficient (Wildman–Crippen LogP) is 2.02. The third-order valence-electron chi connectivity index (χ3n) is 3.87. The van der Waals surface area contributed by atoms with Gasteiger partial charge in [-0.1, -0.05) is 12.1 Å². The molecule has 1 aromatic rings.